The quantitative estimate of drug-likeness (QED) is 0.594. The molecule has 0 aliphatic heterocycles. The molecule has 0 radical (unpaired) electrons. The number of halogens is 4. The van der Waals surface area contributed by atoms with Crippen LogP contribution in [0.5, 0.6) is 0 Å². The topological polar surface area (TPSA) is 67.6 Å². The van der Waals surface area contributed by atoms with E-state index in [1.165, 1.54) is 0 Å². The number of H-pyrrole nitrogens is 1. The number of hydrogen-bond donors (Lipinski definition) is 2. The zero-order valence-electron chi connectivity index (χ0n) is 6.47. The highest BCUT2D eigenvalue weighted by atomic mass is 32.1. The van der Waals surface area contributed by atoms with E-state index in [1.807, 2.05) is 0 Å². The molecule has 0 atom stereocenters. The SMILES string of the molecule is Nc1nc(=S)nc(C(F)(F)C(F)F)[nH]1. The van der Waals surface area contributed by atoms with Crippen LogP contribution in [0.2, 0.25) is 0 Å². The molecule has 0 amide bonds. The summed E-state index contributed by atoms with van der Waals surface area (Å²) in [6.07, 6.45) is -3.89. The Morgan fingerprint density at radius 2 is 1.93 bits per heavy atom. The van der Waals surface area contributed by atoms with Gasteiger partial charge in [-0.2, -0.15) is 18.7 Å². The molecule has 78 valence electrons. The summed E-state index contributed by atoms with van der Waals surface area (Å²) in [6, 6.07) is 0. The summed E-state index contributed by atoms with van der Waals surface area (Å²) < 4.78 is 48.5. The maximum atomic E-state index is 12.7. The third kappa shape index (κ3) is 1.97. The summed E-state index contributed by atoms with van der Waals surface area (Å²) in [6.45, 7) is 0. The van der Waals surface area contributed by atoms with Crippen LogP contribution >= 0.6 is 12.2 Å². The summed E-state index contributed by atoms with van der Waals surface area (Å²) >= 11 is 4.34. The Hall–Kier alpha value is -1.25. The fourth-order valence-corrected chi connectivity index (χ4v) is 0.852. The Balaban J connectivity index is 3.25. The van der Waals surface area contributed by atoms with E-state index in [0.29, 0.717) is 0 Å². The van der Waals surface area contributed by atoms with Crippen LogP contribution in [-0.2, 0) is 5.92 Å². The van der Waals surface area contributed by atoms with Gasteiger partial charge in [-0.3, -0.25) is 0 Å². The Bertz CT molecular complexity index is 390. The van der Waals surface area contributed by atoms with Gasteiger partial charge >= 0.3 is 12.3 Å². The molecule has 4 nitrogen and oxygen atoms in total. The van der Waals surface area contributed by atoms with E-state index in [1.54, 1.807) is 4.98 Å². The van der Waals surface area contributed by atoms with Gasteiger partial charge in [-0.05, 0) is 12.2 Å². The second-order valence-corrected chi connectivity index (χ2v) is 2.65. The molecule has 1 aromatic heterocycles. The van der Waals surface area contributed by atoms with Crippen molar-refractivity contribution in [2.75, 3.05) is 5.73 Å². The molecule has 9 heteroatoms. The van der Waals surface area contributed by atoms with E-state index >= 15 is 0 Å². The smallest absolute Gasteiger partial charge is 0.364 e. The number of aromatic nitrogens is 3. The van der Waals surface area contributed by atoms with Crippen molar-refractivity contribution in [2.45, 2.75) is 12.3 Å². The van der Waals surface area contributed by atoms with Crippen molar-refractivity contribution in [3.05, 3.63) is 10.6 Å². The second kappa shape index (κ2) is 3.48. The molecular formula is C5H4F4N4S. The highest BCUT2D eigenvalue weighted by Crippen LogP contribution is 2.31. The molecule has 0 saturated carbocycles. The highest BCUT2D eigenvalue weighted by molar-refractivity contribution is 7.71. The monoisotopic (exact) mass is 228 g/mol. The summed E-state index contributed by atoms with van der Waals surface area (Å²) in [5, 5.41) is 0. The van der Waals surface area contributed by atoms with Crippen LogP contribution in [0, 0.1) is 4.77 Å². The number of nitrogens with two attached hydrogens (primary N) is 1. The molecule has 1 aromatic rings. The van der Waals surface area contributed by atoms with Gasteiger partial charge < -0.3 is 10.7 Å². The molecule has 3 N–H and O–H groups in total. The van der Waals surface area contributed by atoms with Crippen LogP contribution < -0.4 is 5.73 Å². The first-order valence-corrected chi connectivity index (χ1v) is 3.65. The fraction of sp³-hybridized carbons (Fsp3) is 0.400. The normalized spacial score (nSPS) is 12.1. The van der Waals surface area contributed by atoms with Gasteiger partial charge in [0.15, 0.2) is 5.82 Å². The largest absolute Gasteiger partial charge is 0.369 e. The van der Waals surface area contributed by atoms with Crippen LogP contribution in [0.3, 0.4) is 0 Å². The van der Waals surface area contributed by atoms with Crippen molar-refractivity contribution < 1.29 is 17.6 Å². The lowest BCUT2D eigenvalue weighted by molar-refractivity contribution is -0.141. The minimum absolute atomic E-state index is 0.486. The van der Waals surface area contributed by atoms with E-state index in [-0.39, 0.29) is 0 Å². The van der Waals surface area contributed by atoms with Gasteiger partial charge in [-0.25, -0.2) is 8.78 Å². The number of rotatable bonds is 2. The number of anilines is 1. The lowest BCUT2D eigenvalue weighted by Crippen LogP contribution is -2.27. The Labute approximate surface area is 80.2 Å². The van der Waals surface area contributed by atoms with Gasteiger partial charge in [-0.1, -0.05) is 0 Å². The third-order valence-corrected chi connectivity index (χ3v) is 1.44. The molecule has 0 saturated heterocycles. The Kier molecular flexibility index (Phi) is 2.69. The van der Waals surface area contributed by atoms with Gasteiger partial charge in [0.25, 0.3) is 0 Å². The molecule has 1 heterocycles. The lowest BCUT2D eigenvalue weighted by Gasteiger charge is -2.13. The predicted octanol–water partition coefficient (Wildman–Crippen LogP) is 1.47. The van der Waals surface area contributed by atoms with Crippen LogP contribution in [0.4, 0.5) is 23.5 Å². The maximum absolute atomic E-state index is 12.7. The first-order valence-electron chi connectivity index (χ1n) is 3.24. The van der Waals surface area contributed by atoms with Gasteiger partial charge in [0.2, 0.25) is 10.7 Å². The molecule has 0 fully saturated rings. The molecule has 0 aromatic carbocycles. The average Bonchev–Trinajstić information content (AvgIpc) is 2.01. The van der Waals surface area contributed by atoms with E-state index in [4.69, 9.17) is 5.73 Å². The summed E-state index contributed by atoms with van der Waals surface area (Å²) in [5.74, 6) is -6.18. The first kappa shape index (κ1) is 10.8. The van der Waals surface area contributed by atoms with Gasteiger partial charge in [0.05, 0.1) is 0 Å². The molecule has 0 unspecified atom stereocenters. The van der Waals surface area contributed by atoms with Crippen molar-refractivity contribution in [1.29, 1.82) is 0 Å². The van der Waals surface area contributed by atoms with Crippen molar-refractivity contribution in [3.8, 4) is 0 Å². The molecule has 0 aliphatic carbocycles. The van der Waals surface area contributed by atoms with E-state index in [0.717, 1.165) is 0 Å². The minimum atomic E-state index is -4.41. The second-order valence-electron chi connectivity index (χ2n) is 2.29. The van der Waals surface area contributed by atoms with Crippen molar-refractivity contribution in [2.24, 2.45) is 0 Å². The Morgan fingerprint density at radius 3 is 2.36 bits per heavy atom. The summed E-state index contributed by atoms with van der Waals surface area (Å²) in [5.41, 5.74) is 5.00. The van der Waals surface area contributed by atoms with Crippen LogP contribution in [0.1, 0.15) is 5.82 Å². The van der Waals surface area contributed by atoms with E-state index < -0.39 is 28.9 Å². The third-order valence-electron chi connectivity index (χ3n) is 1.26. The standard InChI is InChI=1S/C5H4F4N4S/c6-1(7)5(8,9)2-11-3(10)13-4(14)12-2/h1H,(H3,10,11,12,13,14). The van der Waals surface area contributed by atoms with Gasteiger partial charge in [-0.15, -0.1) is 0 Å². The summed E-state index contributed by atoms with van der Waals surface area (Å²) in [4.78, 5) is 7.95. The maximum Gasteiger partial charge on any atom is 0.364 e. The summed E-state index contributed by atoms with van der Waals surface area (Å²) in [7, 11) is 0. The first-order chi connectivity index (χ1) is 6.34. The molecule has 0 bridgehead atoms. The molecule has 0 aliphatic rings. The van der Waals surface area contributed by atoms with Crippen LogP contribution in [0.25, 0.3) is 0 Å². The average molecular weight is 228 g/mol. The van der Waals surface area contributed by atoms with Crippen LogP contribution in [0.15, 0.2) is 0 Å². The molecule has 14 heavy (non-hydrogen) atoms. The molecule has 1 rings (SSSR count). The van der Waals surface area contributed by atoms with Crippen molar-refractivity contribution >= 4 is 18.2 Å². The zero-order valence-corrected chi connectivity index (χ0v) is 7.29. The zero-order chi connectivity index (χ0) is 10.9. The van der Waals surface area contributed by atoms with Crippen molar-refractivity contribution in [3.63, 3.8) is 0 Å². The van der Waals surface area contributed by atoms with E-state index in [2.05, 4.69) is 22.2 Å². The van der Waals surface area contributed by atoms with E-state index in [9.17, 15) is 17.6 Å². The number of nitrogen functional groups attached to an aromatic ring is 1. The molecular weight excluding hydrogens is 224 g/mol. The lowest BCUT2D eigenvalue weighted by atomic mass is 10.3. The fourth-order valence-electron chi connectivity index (χ4n) is 0.662. The number of nitrogens with zero attached hydrogens (tertiary/aromatic N) is 2. The van der Waals surface area contributed by atoms with Crippen molar-refractivity contribution in [1.82, 2.24) is 15.0 Å². The predicted molar refractivity (Wildman–Crippen MR) is 41.5 cm³/mol. The minimum Gasteiger partial charge on any atom is -0.369 e. The highest BCUT2D eigenvalue weighted by Gasteiger charge is 2.45. The molecule has 0 spiro atoms. The van der Waals surface area contributed by atoms with Gasteiger partial charge in [0, 0.05) is 0 Å². The Morgan fingerprint density at radius 1 is 1.36 bits per heavy atom. The number of hydrogen-bond acceptors (Lipinski definition) is 4. The van der Waals surface area contributed by atoms with Crippen LogP contribution in [-0.4, -0.2) is 21.4 Å². The number of nitrogens with one attached hydrogen (secondary N) is 1. The number of aromatic amines is 1. The number of alkyl halides is 4. The van der Waals surface area contributed by atoms with Gasteiger partial charge in [0.1, 0.15) is 0 Å².